The molecule has 0 radical (unpaired) electrons. The maximum absolute atomic E-state index is 11.9. The molecule has 1 aromatic carbocycles. The molecule has 0 spiro atoms. The molecule has 0 aliphatic carbocycles. The molecule has 0 fully saturated rings. The van der Waals surface area contributed by atoms with Crippen molar-refractivity contribution in [2.24, 2.45) is 0 Å². The van der Waals surface area contributed by atoms with Crippen LogP contribution in [0.2, 0.25) is 0 Å². The first-order valence-electron chi connectivity index (χ1n) is 6.03. The number of carbonyl (C=O) groups is 2. The average molecular weight is 249 g/mol. The van der Waals surface area contributed by atoms with Gasteiger partial charge in [-0.2, -0.15) is 0 Å². The monoisotopic (exact) mass is 249 g/mol. The van der Waals surface area contributed by atoms with Crippen LogP contribution in [-0.2, 0) is 4.79 Å². The minimum absolute atomic E-state index is 0.0279. The lowest BCUT2D eigenvalue weighted by Gasteiger charge is -2.10. The zero-order chi connectivity index (χ0) is 13.5. The van der Waals surface area contributed by atoms with Gasteiger partial charge in [0.2, 0.25) is 5.91 Å². The summed E-state index contributed by atoms with van der Waals surface area (Å²) in [5, 5.41) is 11.4. The molecule has 0 aliphatic heterocycles. The van der Waals surface area contributed by atoms with Gasteiger partial charge < -0.3 is 10.4 Å². The smallest absolute Gasteiger partial charge is 0.220 e. The van der Waals surface area contributed by atoms with Crippen molar-refractivity contribution in [3.8, 4) is 0 Å². The van der Waals surface area contributed by atoms with Gasteiger partial charge in [0, 0.05) is 24.4 Å². The van der Waals surface area contributed by atoms with Crippen molar-refractivity contribution in [1.29, 1.82) is 0 Å². The highest BCUT2D eigenvalue weighted by Gasteiger charge is 2.12. The third kappa shape index (κ3) is 4.30. The van der Waals surface area contributed by atoms with Crippen molar-refractivity contribution >= 4 is 11.7 Å². The van der Waals surface area contributed by atoms with E-state index >= 15 is 0 Å². The lowest BCUT2D eigenvalue weighted by Crippen LogP contribution is -2.35. The molecule has 1 atom stereocenters. The Morgan fingerprint density at radius 1 is 1.28 bits per heavy atom. The summed E-state index contributed by atoms with van der Waals surface area (Å²) in [6.07, 6.45) is 0.340. The van der Waals surface area contributed by atoms with Crippen LogP contribution in [0.15, 0.2) is 24.3 Å². The second kappa shape index (κ2) is 6.91. The number of nitrogens with one attached hydrogen (secondary N) is 1. The van der Waals surface area contributed by atoms with Crippen molar-refractivity contribution in [3.05, 3.63) is 35.4 Å². The van der Waals surface area contributed by atoms with Gasteiger partial charge in [-0.1, -0.05) is 24.3 Å². The number of amides is 1. The molecule has 1 unspecified atom stereocenters. The highest BCUT2D eigenvalue weighted by atomic mass is 16.3. The number of aliphatic hydroxyl groups is 1. The third-order valence-corrected chi connectivity index (χ3v) is 2.71. The van der Waals surface area contributed by atoms with Gasteiger partial charge >= 0.3 is 0 Å². The van der Waals surface area contributed by atoms with Crippen LogP contribution in [0.4, 0.5) is 0 Å². The summed E-state index contributed by atoms with van der Waals surface area (Å²) >= 11 is 0. The molecule has 0 aromatic heterocycles. The maximum Gasteiger partial charge on any atom is 0.220 e. The van der Waals surface area contributed by atoms with Gasteiger partial charge in [0.1, 0.15) is 0 Å². The van der Waals surface area contributed by atoms with E-state index in [0.717, 1.165) is 5.56 Å². The van der Waals surface area contributed by atoms with Gasteiger partial charge in [0.25, 0.3) is 0 Å². The van der Waals surface area contributed by atoms with Gasteiger partial charge in [-0.05, 0) is 19.4 Å². The lowest BCUT2D eigenvalue weighted by atomic mass is 10.0. The summed E-state index contributed by atoms with van der Waals surface area (Å²) in [6, 6.07) is 7.06. The van der Waals surface area contributed by atoms with Crippen LogP contribution in [0.3, 0.4) is 0 Å². The molecule has 1 aromatic rings. The average Bonchev–Trinajstić information content (AvgIpc) is 2.36. The van der Waals surface area contributed by atoms with E-state index in [2.05, 4.69) is 5.32 Å². The predicted molar refractivity (Wildman–Crippen MR) is 69.4 cm³/mol. The first kappa shape index (κ1) is 14.4. The fourth-order valence-electron chi connectivity index (χ4n) is 1.64. The zero-order valence-corrected chi connectivity index (χ0v) is 10.8. The Bertz CT molecular complexity index is 429. The van der Waals surface area contributed by atoms with Crippen molar-refractivity contribution in [2.45, 2.75) is 32.7 Å². The molecule has 0 saturated heterocycles. The van der Waals surface area contributed by atoms with Crippen molar-refractivity contribution in [3.63, 3.8) is 0 Å². The summed E-state index contributed by atoms with van der Waals surface area (Å²) in [5.74, 6) is -0.238. The van der Waals surface area contributed by atoms with Gasteiger partial charge in [0.15, 0.2) is 5.78 Å². The quantitative estimate of drug-likeness (QED) is 0.750. The van der Waals surface area contributed by atoms with E-state index in [0.29, 0.717) is 5.56 Å². The van der Waals surface area contributed by atoms with E-state index in [1.807, 2.05) is 25.1 Å². The van der Waals surface area contributed by atoms with E-state index in [1.54, 1.807) is 13.0 Å². The van der Waals surface area contributed by atoms with Crippen LogP contribution in [0.25, 0.3) is 0 Å². The van der Waals surface area contributed by atoms with Crippen molar-refractivity contribution in [2.75, 3.05) is 6.61 Å². The van der Waals surface area contributed by atoms with Crippen LogP contribution < -0.4 is 5.32 Å². The number of hydrogen-bond acceptors (Lipinski definition) is 3. The van der Waals surface area contributed by atoms with Crippen LogP contribution in [0, 0.1) is 6.92 Å². The first-order chi connectivity index (χ1) is 8.54. The standard InChI is InChI=1S/C14H19NO3/c1-10-5-3-4-6-12(10)13(17)7-8-14(18)15-11(2)9-16/h3-6,11,16H,7-9H2,1-2H3,(H,15,18). The molecule has 0 aliphatic rings. The zero-order valence-electron chi connectivity index (χ0n) is 10.8. The third-order valence-electron chi connectivity index (χ3n) is 2.71. The highest BCUT2D eigenvalue weighted by molar-refractivity contribution is 5.99. The minimum Gasteiger partial charge on any atom is -0.394 e. The molecule has 0 bridgehead atoms. The van der Waals surface area contributed by atoms with Gasteiger partial charge in [0.05, 0.1) is 6.61 Å². The predicted octanol–water partition coefficient (Wildman–Crippen LogP) is 1.45. The number of ketones is 1. The largest absolute Gasteiger partial charge is 0.394 e. The topological polar surface area (TPSA) is 66.4 Å². The second-order valence-electron chi connectivity index (χ2n) is 4.39. The first-order valence-corrected chi connectivity index (χ1v) is 6.03. The molecule has 1 amide bonds. The molecule has 0 heterocycles. The van der Waals surface area contributed by atoms with Crippen molar-refractivity contribution < 1.29 is 14.7 Å². The molecule has 4 heteroatoms. The van der Waals surface area contributed by atoms with E-state index in [4.69, 9.17) is 5.11 Å². The van der Waals surface area contributed by atoms with Gasteiger partial charge in [-0.25, -0.2) is 0 Å². The molecular formula is C14H19NO3. The van der Waals surface area contributed by atoms with Crippen LogP contribution in [0.1, 0.15) is 35.7 Å². The fraction of sp³-hybridized carbons (Fsp3) is 0.429. The molecule has 98 valence electrons. The maximum atomic E-state index is 11.9. The molecule has 1 rings (SSSR count). The van der Waals surface area contributed by atoms with Crippen LogP contribution in [-0.4, -0.2) is 29.4 Å². The van der Waals surface area contributed by atoms with Crippen LogP contribution >= 0.6 is 0 Å². The number of benzene rings is 1. The number of aliphatic hydroxyl groups excluding tert-OH is 1. The van der Waals surface area contributed by atoms with Crippen LogP contribution in [0.5, 0.6) is 0 Å². The van der Waals surface area contributed by atoms with Gasteiger partial charge in [-0.3, -0.25) is 9.59 Å². The Kier molecular flexibility index (Phi) is 5.52. The Hall–Kier alpha value is -1.68. The summed E-state index contributed by atoms with van der Waals surface area (Å²) in [7, 11) is 0. The fourth-order valence-corrected chi connectivity index (χ4v) is 1.64. The summed E-state index contributed by atoms with van der Waals surface area (Å²) < 4.78 is 0. The Morgan fingerprint density at radius 2 is 1.94 bits per heavy atom. The molecule has 18 heavy (non-hydrogen) atoms. The Morgan fingerprint density at radius 3 is 2.56 bits per heavy atom. The Labute approximate surface area is 107 Å². The van der Waals surface area contributed by atoms with E-state index < -0.39 is 0 Å². The highest BCUT2D eigenvalue weighted by Crippen LogP contribution is 2.10. The van der Waals surface area contributed by atoms with Crippen molar-refractivity contribution in [1.82, 2.24) is 5.32 Å². The number of aryl methyl sites for hydroxylation is 1. The van der Waals surface area contributed by atoms with E-state index in [-0.39, 0.29) is 37.2 Å². The SMILES string of the molecule is Cc1ccccc1C(=O)CCC(=O)NC(C)CO. The van der Waals surface area contributed by atoms with Gasteiger partial charge in [-0.15, -0.1) is 0 Å². The molecule has 2 N–H and O–H groups in total. The summed E-state index contributed by atoms with van der Waals surface area (Å²) in [5.41, 5.74) is 1.59. The minimum atomic E-state index is -0.272. The number of rotatable bonds is 6. The van der Waals surface area contributed by atoms with E-state index in [1.165, 1.54) is 0 Å². The lowest BCUT2D eigenvalue weighted by molar-refractivity contribution is -0.121. The number of Topliss-reactive ketones (excluding diaryl/α,β-unsaturated/α-hetero) is 1. The van der Waals surface area contributed by atoms with E-state index in [9.17, 15) is 9.59 Å². The second-order valence-corrected chi connectivity index (χ2v) is 4.39. The summed E-state index contributed by atoms with van der Waals surface area (Å²) in [4.78, 5) is 23.4. The molecular weight excluding hydrogens is 230 g/mol. The molecule has 0 saturated carbocycles. The number of hydrogen-bond donors (Lipinski definition) is 2. The normalized spacial score (nSPS) is 11.9. The Balaban J connectivity index is 2.47. The summed E-state index contributed by atoms with van der Waals surface area (Å²) in [6.45, 7) is 3.49. The number of carbonyl (C=O) groups excluding carboxylic acids is 2. The molecule has 4 nitrogen and oxygen atoms in total.